The Morgan fingerprint density at radius 1 is 0.892 bits per heavy atom. The number of carbonyl (C=O) groups excluding carboxylic acids is 1. The van der Waals surface area contributed by atoms with E-state index in [-0.39, 0.29) is 32.0 Å². The van der Waals surface area contributed by atoms with Gasteiger partial charge in [-0.05, 0) is 54.6 Å². The Labute approximate surface area is 225 Å². The lowest BCUT2D eigenvalue weighted by atomic mass is 10.3. The number of nitrogens with one attached hydrogen (secondary N) is 2. The summed E-state index contributed by atoms with van der Waals surface area (Å²) < 4.78 is 64.0. The average molecular weight is 588 g/mol. The van der Waals surface area contributed by atoms with Gasteiger partial charge < -0.3 is 14.8 Å². The molecule has 0 spiro atoms. The van der Waals surface area contributed by atoms with Crippen molar-refractivity contribution in [3.05, 3.63) is 70.7 Å². The van der Waals surface area contributed by atoms with Gasteiger partial charge in [0, 0.05) is 11.8 Å². The van der Waals surface area contributed by atoms with Crippen molar-refractivity contribution in [3.63, 3.8) is 0 Å². The highest BCUT2D eigenvalue weighted by Crippen LogP contribution is 2.31. The van der Waals surface area contributed by atoms with Gasteiger partial charge in [-0.25, -0.2) is 16.8 Å². The molecule has 37 heavy (non-hydrogen) atoms. The van der Waals surface area contributed by atoms with E-state index in [1.807, 2.05) is 0 Å². The number of carbonyl (C=O) groups is 1. The van der Waals surface area contributed by atoms with Gasteiger partial charge >= 0.3 is 0 Å². The first kappa shape index (κ1) is 28.4. The standard InChI is InChI=1S/C23H23Cl2N3O7S2/c1-34-17-7-11-22(35-2)21(13-17)27-37(32,33)18-8-4-15(5-9-18)26-23(29)14-28(36(3,30)31)16-6-10-19(24)20(25)12-16/h4-13,27H,14H2,1-3H3,(H,26,29). The molecule has 3 aromatic rings. The zero-order valence-electron chi connectivity index (χ0n) is 19.9. The maximum atomic E-state index is 12.9. The number of anilines is 3. The first-order valence-corrected chi connectivity index (χ1v) is 14.5. The summed E-state index contributed by atoms with van der Waals surface area (Å²) in [5.41, 5.74) is 0.598. The maximum absolute atomic E-state index is 12.9. The Morgan fingerprint density at radius 2 is 1.57 bits per heavy atom. The summed E-state index contributed by atoms with van der Waals surface area (Å²) >= 11 is 11.9. The van der Waals surface area contributed by atoms with Crippen molar-refractivity contribution in [3.8, 4) is 11.5 Å². The fourth-order valence-electron chi connectivity index (χ4n) is 3.19. The molecule has 198 valence electrons. The van der Waals surface area contributed by atoms with Crippen LogP contribution in [0.15, 0.2) is 65.6 Å². The molecule has 0 aliphatic rings. The molecule has 0 bridgehead atoms. The zero-order valence-corrected chi connectivity index (χ0v) is 23.0. The number of methoxy groups -OCH3 is 2. The summed E-state index contributed by atoms with van der Waals surface area (Å²) in [6.45, 7) is -0.548. The summed E-state index contributed by atoms with van der Waals surface area (Å²) in [5, 5.41) is 2.91. The van der Waals surface area contributed by atoms with Crippen LogP contribution in [0.1, 0.15) is 0 Å². The third-order valence-corrected chi connectivity index (χ3v) is 8.24. The van der Waals surface area contributed by atoms with Gasteiger partial charge in [0.05, 0.1) is 46.8 Å². The van der Waals surface area contributed by atoms with E-state index in [0.29, 0.717) is 11.5 Å². The van der Waals surface area contributed by atoms with Crippen molar-refractivity contribution in [2.24, 2.45) is 0 Å². The van der Waals surface area contributed by atoms with Crippen LogP contribution in [0, 0.1) is 0 Å². The van der Waals surface area contributed by atoms with Gasteiger partial charge in [0.1, 0.15) is 18.0 Å². The van der Waals surface area contributed by atoms with Crippen LogP contribution >= 0.6 is 23.2 Å². The van der Waals surface area contributed by atoms with Crippen LogP contribution < -0.4 is 23.8 Å². The second-order valence-electron chi connectivity index (χ2n) is 7.61. The quantitative estimate of drug-likeness (QED) is 0.363. The average Bonchev–Trinajstić information content (AvgIpc) is 2.83. The molecule has 14 heteroatoms. The molecule has 0 aliphatic carbocycles. The molecule has 3 rings (SSSR count). The van der Waals surface area contributed by atoms with Gasteiger partial charge in [-0.2, -0.15) is 0 Å². The van der Waals surface area contributed by atoms with Crippen molar-refractivity contribution in [2.75, 3.05) is 41.4 Å². The molecule has 10 nitrogen and oxygen atoms in total. The Bertz CT molecular complexity index is 1510. The number of ether oxygens (including phenoxy) is 2. The molecule has 2 N–H and O–H groups in total. The predicted molar refractivity (Wildman–Crippen MR) is 144 cm³/mol. The molecule has 0 aromatic heterocycles. The van der Waals surface area contributed by atoms with E-state index in [2.05, 4.69) is 10.0 Å². The monoisotopic (exact) mass is 587 g/mol. The Hall–Kier alpha value is -3.19. The molecule has 0 fully saturated rings. The van der Waals surface area contributed by atoms with Crippen LogP contribution in [0.3, 0.4) is 0 Å². The van der Waals surface area contributed by atoms with Crippen LogP contribution in [-0.4, -0.2) is 49.8 Å². The van der Waals surface area contributed by atoms with Gasteiger partial charge in [0.15, 0.2) is 0 Å². The number of sulfonamides is 2. The number of hydrogen-bond donors (Lipinski definition) is 2. The predicted octanol–water partition coefficient (Wildman–Crippen LogP) is 4.22. The van der Waals surface area contributed by atoms with Gasteiger partial charge in [0.2, 0.25) is 15.9 Å². The summed E-state index contributed by atoms with van der Waals surface area (Å²) in [6, 6.07) is 14.2. The number of hydrogen-bond acceptors (Lipinski definition) is 7. The van der Waals surface area contributed by atoms with E-state index in [0.717, 1.165) is 10.6 Å². The molecular formula is C23H23Cl2N3O7S2. The van der Waals surface area contributed by atoms with Crippen LogP contribution in [0.4, 0.5) is 17.1 Å². The van der Waals surface area contributed by atoms with Crippen molar-refractivity contribution < 1.29 is 31.1 Å². The van der Waals surface area contributed by atoms with Gasteiger partial charge in [-0.15, -0.1) is 0 Å². The van der Waals surface area contributed by atoms with E-state index in [4.69, 9.17) is 32.7 Å². The minimum absolute atomic E-state index is 0.0797. The van der Waals surface area contributed by atoms with E-state index in [9.17, 15) is 21.6 Å². The number of nitrogens with zero attached hydrogens (tertiary/aromatic N) is 1. The third-order valence-electron chi connectivity index (χ3n) is 4.98. The second-order valence-corrected chi connectivity index (χ2v) is 12.0. The Morgan fingerprint density at radius 3 is 2.14 bits per heavy atom. The molecule has 0 saturated carbocycles. The van der Waals surface area contributed by atoms with Gasteiger partial charge in [-0.1, -0.05) is 23.2 Å². The number of rotatable bonds is 10. The van der Waals surface area contributed by atoms with Crippen molar-refractivity contribution in [1.82, 2.24) is 0 Å². The van der Waals surface area contributed by atoms with E-state index in [1.165, 1.54) is 62.8 Å². The number of amides is 1. The first-order chi connectivity index (χ1) is 17.3. The summed E-state index contributed by atoms with van der Waals surface area (Å²) in [6.07, 6.45) is 0.951. The minimum atomic E-state index is -4.01. The number of benzene rings is 3. The van der Waals surface area contributed by atoms with E-state index < -0.39 is 32.5 Å². The van der Waals surface area contributed by atoms with Crippen LogP contribution in [-0.2, 0) is 24.8 Å². The molecule has 0 radical (unpaired) electrons. The molecule has 1 amide bonds. The highest BCUT2D eigenvalue weighted by Gasteiger charge is 2.22. The van der Waals surface area contributed by atoms with Crippen molar-refractivity contribution in [1.29, 1.82) is 0 Å². The van der Waals surface area contributed by atoms with Crippen molar-refractivity contribution >= 4 is 66.2 Å². The van der Waals surface area contributed by atoms with Gasteiger partial charge in [0.25, 0.3) is 10.0 Å². The first-order valence-electron chi connectivity index (χ1n) is 10.4. The Balaban J connectivity index is 1.75. The van der Waals surface area contributed by atoms with E-state index in [1.54, 1.807) is 12.1 Å². The van der Waals surface area contributed by atoms with Crippen molar-refractivity contribution in [2.45, 2.75) is 4.90 Å². The minimum Gasteiger partial charge on any atom is -0.497 e. The third kappa shape index (κ3) is 7.19. The normalized spacial score (nSPS) is 11.5. The zero-order chi connectivity index (χ0) is 27.4. The topological polar surface area (TPSA) is 131 Å². The summed E-state index contributed by atoms with van der Waals surface area (Å²) in [5.74, 6) is 0.0672. The molecule has 0 unspecified atom stereocenters. The maximum Gasteiger partial charge on any atom is 0.262 e. The fraction of sp³-hybridized carbons (Fsp3) is 0.174. The lowest BCUT2D eigenvalue weighted by Gasteiger charge is -2.22. The molecule has 0 heterocycles. The smallest absolute Gasteiger partial charge is 0.262 e. The second kappa shape index (κ2) is 11.5. The largest absolute Gasteiger partial charge is 0.497 e. The van der Waals surface area contributed by atoms with Crippen LogP contribution in [0.25, 0.3) is 0 Å². The highest BCUT2D eigenvalue weighted by molar-refractivity contribution is 7.92. The molecular weight excluding hydrogens is 565 g/mol. The molecule has 0 saturated heterocycles. The van der Waals surface area contributed by atoms with E-state index >= 15 is 0 Å². The lowest BCUT2D eigenvalue weighted by Crippen LogP contribution is -2.37. The number of halogens is 2. The van der Waals surface area contributed by atoms with Crippen LogP contribution in [0.2, 0.25) is 10.0 Å². The molecule has 0 aliphatic heterocycles. The summed E-state index contributed by atoms with van der Waals surface area (Å²) in [7, 11) is -4.99. The van der Waals surface area contributed by atoms with Crippen LogP contribution in [0.5, 0.6) is 11.5 Å². The fourth-order valence-corrected chi connectivity index (χ4v) is 5.39. The Kier molecular flexibility index (Phi) is 8.80. The lowest BCUT2D eigenvalue weighted by molar-refractivity contribution is -0.114. The SMILES string of the molecule is COc1ccc(OC)c(NS(=O)(=O)c2ccc(NC(=O)CN(c3ccc(Cl)c(Cl)c3)S(C)(=O)=O)cc2)c1. The summed E-state index contributed by atoms with van der Waals surface area (Å²) in [4.78, 5) is 12.5. The highest BCUT2D eigenvalue weighted by atomic mass is 35.5. The van der Waals surface area contributed by atoms with Gasteiger partial charge in [-0.3, -0.25) is 13.8 Å². The molecule has 0 atom stereocenters. The molecule has 3 aromatic carbocycles.